The molecule has 76 valence electrons. The maximum absolute atomic E-state index is 11.4. The molecular formula is C11H8O3S. The number of carbonyl (C=O) groups excluding carboxylic acids is 2. The summed E-state index contributed by atoms with van der Waals surface area (Å²) in [6.07, 6.45) is 0. The van der Waals surface area contributed by atoms with Crippen molar-refractivity contribution in [2.24, 2.45) is 0 Å². The highest BCUT2D eigenvalue weighted by Gasteiger charge is 2.33. The molecule has 0 unspecified atom stereocenters. The fourth-order valence-corrected chi connectivity index (χ4v) is 2.13. The van der Waals surface area contributed by atoms with Crippen molar-refractivity contribution in [2.75, 3.05) is 0 Å². The van der Waals surface area contributed by atoms with Crippen LogP contribution in [0.4, 0.5) is 0 Å². The molecule has 1 fully saturated rings. The van der Waals surface area contributed by atoms with Crippen LogP contribution in [0.5, 0.6) is 0 Å². The number of cyclic esters (lactones) is 2. The minimum Gasteiger partial charge on any atom is -0.386 e. The third-order valence-corrected chi connectivity index (χ3v) is 2.95. The van der Waals surface area contributed by atoms with E-state index in [2.05, 4.69) is 11.3 Å². The van der Waals surface area contributed by atoms with Crippen LogP contribution < -0.4 is 0 Å². The second kappa shape index (κ2) is 3.47. The Bertz CT molecular complexity index is 480. The Kier molecular flexibility index (Phi) is 2.28. The maximum atomic E-state index is 11.4. The summed E-state index contributed by atoms with van der Waals surface area (Å²) in [5.41, 5.74) is 2.09. The van der Waals surface area contributed by atoms with E-state index >= 15 is 0 Å². The first-order chi connectivity index (χ1) is 7.11. The van der Waals surface area contributed by atoms with Crippen molar-refractivity contribution in [1.82, 2.24) is 0 Å². The molecule has 0 spiro atoms. The molecule has 0 saturated carbocycles. The van der Waals surface area contributed by atoms with Crippen molar-refractivity contribution >= 4 is 28.8 Å². The van der Waals surface area contributed by atoms with E-state index in [1.807, 2.05) is 16.8 Å². The number of carbonyl (C=O) groups is 2. The largest absolute Gasteiger partial charge is 0.386 e. The van der Waals surface area contributed by atoms with Gasteiger partial charge in [0.1, 0.15) is 0 Å². The number of thiophene rings is 1. The Morgan fingerprint density at radius 1 is 1.40 bits per heavy atom. The second-order valence-electron chi connectivity index (χ2n) is 3.17. The van der Waals surface area contributed by atoms with E-state index in [1.54, 1.807) is 6.92 Å². The minimum atomic E-state index is -0.649. The molecule has 2 rings (SSSR count). The highest BCUT2D eigenvalue weighted by Crippen LogP contribution is 2.29. The fraction of sp³-hybridized carbons (Fsp3) is 0.0909. The van der Waals surface area contributed by atoms with Crippen LogP contribution in [0.2, 0.25) is 0 Å². The summed E-state index contributed by atoms with van der Waals surface area (Å²) >= 11 is 1.53. The summed E-state index contributed by atoms with van der Waals surface area (Å²) in [6, 6.07) is 1.89. The average molecular weight is 220 g/mol. The standard InChI is InChI=1S/C11H8O3S/c1-6(8-3-4-15-5-8)9-7(2)10(12)14-11(9)13/h3-5H,2H2,1H3/b9-6+. The first kappa shape index (κ1) is 9.86. The van der Waals surface area contributed by atoms with Gasteiger partial charge in [-0.1, -0.05) is 6.58 Å². The van der Waals surface area contributed by atoms with Gasteiger partial charge < -0.3 is 4.74 Å². The van der Waals surface area contributed by atoms with Gasteiger partial charge in [-0.05, 0) is 34.9 Å². The van der Waals surface area contributed by atoms with E-state index in [4.69, 9.17) is 0 Å². The smallest absolute Gasteiger partial charge is 0.347 e. The number of esters is 2. The first-order valence-corrected chi connectivity index (χ1v) is 5.24. The summed E-state index contributed by atoms with van der Waals surface area (Å²) in [5.74, 6) is -1.25. The van der Waals surface area contributed by atoms with Crippen molar-refractivity contribution in [3.05, 3.63) is 40.1 Å². The van der Waals surface area contributed by atoms with E-state index < -0.39 is 11.9 Å². The quantitative estimate of drug-likeness (QED) is 0.414. The zero-order valence-corrected chi connectivity index (χ0v) is 8.89. The molecule has 1 saturated heterocycles. The number of hydrogen-bond donors (Lipinski definition) is 0. The van der Waals surface area contributed by atoms with Crippen LogP contribution in [-0.2, 0) is 14.3 Å². The Morgan fingerprint density at radius 3 is 2.60 bits per heavy atom. The monoisotopic (exact) mass is 220 g/mol. The average Bonchev–Trinajstić information content (AvgIpc) is 2.76. The van der Waals surface area contributed by atoms with Gasteiger partial charge >= 0.3 is 11.9 Å². The Morgan fingerprint density at radius 2 is 2.13 bits per heavy atom. The van der Waals surface area contributed by atoms with Crippen molar-refractivity contribution < 1.29 is 14.3 Å². The first-order valence-electron chi connectivity index (χ1n) is 4.30. The van der Waals surface area contributed by atoms with Crippen molar-refractivity contribution in [3.63, 3.8) is 0 Å². The van der Waals surface area contributed by atoms with E-state index in [0.29, 0.717) is 5.57 Å². The lowest BCUT2D eigenvalue weighted by molar-refractivity contribution is -0.149. The molecule has 0 aromatic carbocycles. The van der Waals surface area contributed by atoms with E-state index in [-0.39, 0.29) is 5.57 Å². The lowest BCUT2D eigenvalue weighted by atomic mass is 10.0. The minimum absolute atomic E-state index is 0.142. The van der Waals surface area contributed by atoms with Crippen molar-refractivity contribution in [3.8, 4) is 0 Å². The molecule has 15 heavy (non-hydrogen) atoms. The molecule has 0 radical (unpaired) electrons. The predicted molar refractivity (Wildman–Crippen MR) is 57.2 cm³/mol. The molecule has 1 aliphatic rings. The summed E-state index contributed by atoms with van der Waals surface area (Å²) in [4.78, 5) is 22.5. The fourth-order valence-electron chi connectivity index (χ4n) is 1.42. The molecule has 0 bridgehead atoms. The van der Waals surface area contributed by atoms with Crippen molar-refractivity contribution in [1.29, 1.82) is 0 Å². The molecule has 4 heteroatoms. The third kappa shape index (κ3) is 1.53. The van der Waals surface area contributed by atoms with Gasteiger partial charge in [-0.15, -0.1) is 0 Å². The number of allylic oxidation sites excluding steroid dienone is 1. The summed E-state index contributed by atoms with van der Waals surface area (Å²) in [6.45, 7) is 5.33. The Hall–Kier alpha value is -1.68. The van der Waals surface area contributed by atoms with E-state index in [0.717, 1.165) is 11.1 Å². The highest BCUT2D eigenvalue weighted by atomic mass is 32.1. The van der Waals surface area contributed by atoms with E-state index in [1.165, 1.54) is 11.3 Å². The highest BCUT2D eigenvalue weighted by molar-refractivity contribution is 7.08. The molecule has 1 aromatic rings. The molecule has 1 aromatic heterocycles. The molecular weight excluding hydrogens is 212 g/mol. The zero-order chi connectivity index (χ0) is 11.0. The molecule has 0 N–H and O–H groups in total. The number of hydrogen-bond acceptors (Lipinski definition) is 4. The molecule has 0 aliphatic carbocycles. The zero-order valence-electron chi connectivity index (χ0n) is 8.07. The van der Waals surface area contributed by atoms with Crippen LogP contribution in [0, 0.1) is 0 Å². The van der Waals surface area contributed by atoms with Crippen LogP contribution in [0.15, 0.2) is 34.6 Å². The maximum Gasteiger partial charge on any atom is 0.347 e. The predicted octanol–water partition coefficient (Wildman–Crippen LogP) is 2.16. The molecule has 0 amide bonds. The van der Waals surface area contributed by atoms with Crippen LogP contribution in [0.1, 0.15) is 12.5 Å². The lowest BCUT2D eigenvalue weighted by Gasteiger charge is -1.99. The summed E-state index contributed by atoms with van der Waals surface area (Å²) < 4.78 is 4.47. The van der Waals surface area contributed by atoms with Gasteiger partial charge in [-0.3, -0.25) is 0 Å². The van der Waals surface area contributed by atoms with Crippen molar-refractivity contribution in [2.45, 2.75) is 6.92 Å². The van der Waals surface area contributed by atoms with Crippen LogP contribution in [0.25, 0.3) is 5.57 Å². The number of ether oxygens (including phenoxy) is 1. The van der Waals surface area contributed by atoms with Gasteiger partial charge in [-0.25, -0.2) is 9.59 Å². The van der Waals surface area contributed by atoms with Gasteiger partial charge in [0.25, 0.3) is 0 Å². The summed E-state index contributed by atoms with van der Waals surface area (Å²) in [7, 11) is 0. The normalized spacial score (nSPS) is 19.4. The second-order valence-corrected chi connectivity index (χ2v) is 3.95. The molecule has 2 heterocycles. The molecule has 1 aliphatic heterocycles. The van der Waals surface area contributed by atoms with Gasteiger partial charge in [0, 0.05) is 0 Å². The molecule has 3 nitrogen and oxygen atoms in total. The topological polar surface area (TPSA) is 43.4 Å². The van der Waals surface area contributed by atoms with Gasteiger partial charge in [0.2, 0.25) is 0 Å². The summed E-state index contributed by atoms with van der Waals surface area (Å²) in [5, 5.41) is 3.82. The van der Waals surface area contributed by atoms with Crippen LogP contribution in [-0.4, -0.2) is 11.9 Å². The SMILES string of the molecule is C=C1C(=O)OC(=O)/C1=C(\C)c1ccsc1. The van der Waals surface area contributed by atoms with Crippen LogP contribution >= 0.6 is 11.3 Å². The van der Waals surface area contributed by atoms with Gasteiger partial charge in [0.05, 0.1) is 11.1 Å². The number of rotatable bonds is 1. The third-order valence-electron chi connectivity index (χ3n) is 2.27. The van der Waals surface area contributed by atoms with E-state index in [9.17, 15) is 9.59 Å². The van der Waals surface area contributed by atoms with Gasteiger partial charge in [0.15, 0.2) is 0 Å². The van der Waals surface area contributed by atoms with Crippen LogP contribution in [0.3, 0.4) is 0 Å². The lowest BCUT2D eigenvalue weighted by Crippen LogP contribution is -1.98. The molecule has 0 atom stereocenters. The Labute approximate surface area is 90.7 Å². The van der Waals surface area contributed by atoms with Gasteiger partial charge in [-0.2, -0.15) is 11.3 Å². The Balaban J connectivity index is 2.54.